The van der Waals surface area contributed by atoms with Crippen molar-refractivity contribution in [1.29, 1.82) is 0 Å². The number of halogens is 2. The molecule has 0 atom stereocenters. The van der Waals surface area contributed by atoms with Crippen LogP contribution in [0.3, 0.4) is 0 Å². The Morgan fingerprint density at radius 3 is 2.11 bits per heavy atom. The zero-order chi connectivity index (χ0) is 19.8. The lowest BCUT2D eigenvalue weighted by molar-refractivity contribution is 0.210. The standard InChI is InChI=1S/C19H20F2N2O2S2/c1-3-22(4-2)18(24)23(17-11-15(20)10-16(21)12-17)19(25)27-26-13-14-8-6-5-7-9-14/h5-12H,3-4,13H2,1-2H3. The normalized spacial score (nSPS) is 10.5. The first-order valence-corrected chi connectivity index (χ1v) is 10.7. The van der Waals surface area contributed by atoms with Crippen LogP contribution in [0.4, 0.5) is 24.1 Å². The van der Waals surface area contributed by atoms with Gasteiger partial charge in [-0.25, -0.2) is 18.5 Å². The lowest BCUT2D eigenvalue weighted by Gasteiger charge is -2.27. The summed E-state index contributed by atoms with van der Waals surface area (Å²) in [5.74, 6) is -1.14. The summed E-state index contributed by atoms with van der Waals surface area (Å²) in [7, 11) is 2.12. The minimum absolute atomic E-state index is 0.123. The number of carbonyl (C=O) groups is 2. The van der Waals surface area contributed by atoms with Gasteiger partial charge in [0.25, 0.3) is 0 Å². The monoisotopic (exact) mass is 410 g/mol. The van der Waals surface area contributed by atoms with E-state index in [9.17, 15) is 18.4 Å². The molecule has 0 aliphatic heterocycles. The van der Waals surface area contributed by atoms with Crippen LogP contribution in [0.1, 0.15) is 19.4 Å². The summed E-state index contributed by atoms with van der Waals surface area (Å²) in [6.45, 7) is 4.29. The molecule has 27 heavy (non-hydrogen) atoms. The van der Waals surface area contributed by atoms with Crippen LogP contribution in [-0.4, -0.2) is 29.3 Å². The topological polar surface area (TPSA) is 40.6 Å². The van der Waals surface area contributed by atoms with Crippen LogP contribution < -0.4 is 4.90 Å². The summed E-state index contributed by atoms with van der Waals surface area (Å²) >= 11 is 0. The molecule has 0 heterocycles. The number of nitrogens with zero attached hydrogens (tertiary/aromatic N) is 2. The first kappa shape index (κ1) is 21.2. The van der Waals surface area contributed by atoms with E-state index in [1.54, 1.807) is 13.8 Å². The molecule has 3 amide bonds. The molecule has 0 unspecified atom stereocenters. The highest BCUT2D eigenvalue weighted by Crippen LogP contribution is 2.32. The van der Waals surface area contributed by atoms with E-state index in [0.717, 1.165) is 33.4 Å². The maximum atomic E-state index is 13.6. The van der Waals surface area contributed by atoms with Crippen molar-refractivity contribution in [3.05, 3.63) is 65.7 Å². The molecule has 0 N–H and O–H groups in total. The van der Waals surface area contributed by atoms with Gasteiger partial charge in [0.2, 0.25) is 0 Å². The van der Waals surface area contributed by atoms with Crippen LogP contribution >= 0.6 is 21.6 Å². The number of hydrogen-bond donors (Lipinski definition) is 0. The second-order valence-corrected chi connectivity index (χ2v) is 7.76. The number of carbonyl (C=O) groups excluding carboxylic acids is 2. The van der Waals surface area contributed by atoms with Gasteiger partial charge in [-0.2, -0.15) is 0 Å². The van der Waals surface area contributed by atoms with Gasteiger partial charge < -0.3 is 4.90 Å². The Bertz CT molecular complexity index is 766. The molecule has 2 rings (SSSR count). The largest absolute Gasteiger partial charge is 0.332 e. The number of benzene rings is 2. The third kappa shape index (κ3) is 5.97. The van der Waals surface area contributed by atoms with Gasteiger partial charge in [0, 0.05) is 35.7 Å². The van der Waals surface area contributed by atoms with Crippen molar-refractivity contribution < 1.29 is 18.4 Å². The Kier molecular flexibility index (Phi) is 8.12. The van der Waals surface area contributed by atoms with Crippen LogP contribution in [0.25, 0.3) is 0 Å². The molecule has 144 valence electrons. The van der Waals surface area contributed by atoms with Crippen LogP contribution in [0.5, 0.6) is 0 Å². The summed E-state index contributed by atoms with van der Waals surface area (Å²) in [5.41, 5.74) is 0.906. The average Bonchev–Trinajstić information content (AvgIpc) is 2.63. The summed E-state index contributed by atoms with van der Waals surface area (Å²) in [6.07, 6.45) is 0. The highest BCUT2D eigenvalue weighted by atomic mass is 33.1. The first-order valence-electron chi connectivity index (χ1n) is 8.38. The fourth-order valence-electron chi connectivity index (χ4n) is 2.36. The van der Waals surface area contributed by atoms with Crippen molar-refractivity contribution in [2.75, 3.05) is 18.0 Å². The van der Waals surface area contributed by atoms with Crippen molar-refractivity contribution in [2.24, 2.45) is 0 Å². The smallest absolute Gasteiger partial charge is 0.325 e. The molecular formula is C19H20F2N2O2S2. The van der Waals surface area contributed by atoms with Gasteiger partial charge in [0.05, 0.1) is 5.69 Å². The summed E-state index contributed by atoms with van der Waals surface area (Å²) in [6, 6.07) is 11.6. The van der Waals surface area contributed by atoms with E-state index in [1.165, 1.54) is 15.7 Å². The predicted octanol–water partition coefficient (Wildman–Crippen LogP) is 5.93. The number of amides is 3. The van der Waals surface area contributed by atoms with Crippen molar-refractivity contribution in [2.45, 2.75) is 19.6 Å². The summed E-state index contributed by atoms with van der Waals surface area (Å²) < 4.78 is 27.3. The van der Waals surface area contributed by atoms with E-state index in [1.807, 2.05) is 30.3 Å². The van der Waals surface area contributed by atoms with Gasteiger partial charge in [-0.05, 0) is 31.5 Å². The number of anilines is 1. The Balaban J connectivity index is 2.20. The van der Waals surface area contributed by atoms with Crippen LogP contribution in [0, 0.1) is 11.6 Å². The average molecular weight is 411 g/mol. The first-order chi connectivity index (χ1) is 13.0. The minimum atomic E-state index is -0.850. The number of hydrogen-bond acceptors (Lipinski definition) is 4. The summed E-state index contributed by atoms with van der Waals surface area (Å²) in [5, 5.41) is -0.599. The molecule has 0 aliphatic rings. The molecule has 0 fully saturated rings. The number of rotatable bonds is 6. The lowest BCUT2D eigenvalue weighted by Crippen LogP contribution is -2.45. The fourth-order valence-corrected chi connectivity index (χ4v) is 4.21. The van der Waals surface area contributed by atoms with E-state index in [0.29, 0.717) is 24.9 Å². The number of urea groups is 1. The fraction of sp³-hybridized carbons (Fsp3) is 0.263. The second-order valence-electron chi connectivity index (χ2n) is 5.51. The van der Waals surface area contributed by atoms with E-state index >= 15 is 0 Å². The van der Waals surface area contributed by atoms with Crippen LogP contribution in [0.15, 0.2) is 48.5 Å². The summed E-state index contributed by atoms with van der Waals surface area (Å²) in [4.78, 5) is 27.7. The maximum Gasteiger partial charge on any atom is 0.332 e. The Labute approximate surface area is 165 Å². The van der Waals surface area contributed by atoms with E-state index in [2.05, 4.69) is 0 Å². The van der Waals surface area contributed by atoms with E-state index < -0.39 is 22.9 Å². The van der Waals surface area contributed by atoms with Gasteiger partial charge in [-0.1, -0.05) is 41.1 Å². The van der Waals surface area contributed by atoms with Gasteiger partial charge >= 0.3 is 11.3 Å². The predicted molar refractivity (Wildman–Crippen MR) is 108 cm³/mol. The molecular weight excluding hydrogens is 390 g/mol. The SMILES string of the molecule is CCN(CC)C(=O)N(C(=O)SSCc1ccccc1)c1cc(F)cc(F)c1. The molecule has 0 saturated heterocycles. The molecule has 0 aliphatic carbocycles. The van der Waals surface area contributed by atoms with Crippen molar-refractivity contribution >= 4 is 38.5 Å². The molecule has 0 spiro atoms. The van der Waals surface area contributed by atoms with Gasteiger partial charge in [-0.15, -0.1) is 0 Å². The maximum absolute atomic E-state index is 13.6. The Morgan fingerprint density at radius 1 is 0.963 bits per heavy atom. The van der Waals surface area contributed by atoms with Crippen LogP contribution in [-0.2, 0) is 5.75 Å². The zero-order valence-electron chi connectivity index (χ0n) is 15.0. The van der Waals surface area contributed by atoms with E-state index in [4.69, 9.17) is 0 Å². The Hall–Kier alpha value is -2.06. The molecule has 0 radical (unpaired) electrons. The van der Waals surface area contributed by atoms with Crippen molar-refractivity contribution in [3.63, 3.8) is 0 Å². The molecule has 0 aromatic heterocycles. The molecule has 8 heteroatoms. The highest BCUT2D eigenvalue weighted by Gasteiger charge is 2.28. The number of imide groups is 1. The van der Waals surface area contributed by atoms with Gasteiger partial charge in [0.15, 0.2) is 0 Å². The molecule has 2 aromatic rings. The quantitative estimate of drug-likeness (QED) is 0.553. The lowest BCUT2D eigenvalue weighted by atomic mass is 10.2. The van der Waals surface area contributed by atoms with Gasteiger partial charge in [-0.3, -0.25) is 4.79 Å². The molecule has 0 bridgehead atoms. The third-order valence-electron chi connectivity index (χ3n) is 3.71. The van der Waals surface area contributed by atoms with Crippen molar-refractivity contribution in [3.8, 4) is 0 Å². The molecule has 4 nitrogen and oxygen atoms in total. The second kappa shape index (κ2) is 10.3. The van der Waals surface area contributed by atoms with Crippen molar-refractivity contribution in [1.82, 2.24) is 4.90 Å². The van der Waals surface area contributed by atoms with E-state index in [-0.39, 0.29) is 5.69 Å². The van der Waals surface area contributed by atoms with Gasteiger partial charge in [0.1, 0.15) is 11.6 Å². The third-order valence-corrected chi connectivity index (χ3v) is 5.74. The highest BCUT2D eigenvalue weighted by molar-refractivity contribution is 8.82. The van der Waals surface area contributed by atoms with Crippen LogP contribution in [0.2, 0.25) is 0 Å². The molecule has 2 aromatic carbocycles. The zero-order valence-corrected chi connectivity index (χ0v) is 16.7. The molecule has 0 saturated carbocycles. The minimum Gasteiger partial charge on any atom is -0.325 e. The Morgan fingerprint density at radius 2 is 1.56 bits per heavy atom.